The summed E-state index contributed by atoms with van der Waals surface area (Å²) in [5, 5.41) is 0. The standard InChI is InChI=1S/C12H16N2O/c1-2-9-5-6-10(8-11(9)13)14-7-3-4-12(14)15/h5-6,8H,2-4,7,13H2,1H3. The second kappa shape index (κ2) is 3.93. The summed E-state index contributed by atoms with van der Waals surface area (Å²) in [6.45, 7) is 2.90. The van der Waals surface area contributed by atoms with E-state index in [9.17, 15) is 4.79 Å². The molecular formula is C12H16N2O. The molecule has 0 saturated carbocycles. The number of nitrogens with two attached hydrogens (primary N) is 1. The van der Waals surface area contributed by atoms with E-state index in [2.05, 4.69) is 6.92 Å². The van der Waals surface area contributed by atoms with Crippen molar-refractivity contribution in [1.82, 2.24) is 0 Å². The van der Waals surface area contributed by atoms with Crippen molar-refractivity contribution in [3.05, 3.63) is 23.8 Å². The minimum atomic E-state index is 0.207. The second-order valence-electron chi connectivity index (χ2n) is 3.89. The summed E-state index contributed by atoms with van der Waals surface area (Å²) >= 11 is 0. The first-order valence-corrected chi connectivity index (χ1v) is 5.41. The quantitative estimate of drug-likeness (QED) is 0.748. The summed E-state index contributed by atoms with van der Waals surface area (Å²) < 4.78 is 0. The Morgan fingerprint density at radius 1 is 1.47 bits per heavy atom. The van der Waals surface area contributed by atoms with Crippen LogP contribution in [0.1, 0.15) is 25.3 Å². The molecule has 1 saturated heterocycles. The summed E-state index contributed by atoms with van der Waals surface area (Å²) in [5.41, 5.74) is 8.77. The number of nitrogens with zero attached hydrogens (tertiary/aromatic N) is 1. The van der Waals surface area contributed by atoms with E-state index in [4.69, 9.17) is 5.73 Å². The van der Waals surface area contributed by atoms with Crippen LogP contribution >= 0.6 is 0 Å². The maximum absolute atomic E-state index is 11.5. The van der Waals surface area contributed by atoms with Crippen molar-refractivity contribution in [2.75, 3.05) is 17.2 Å². The van der Waals surface area contributed by atoms with Crippen molar-refractivity contribution in [1.29, 1.82) is 0 Å². The molecule has 1 aliphatic heterocycles. The minimum Gasteiger partial charge on any atom is -0.398 e. The van der Waals surface area contributed by atoms with Crippen molar-refractivity contribution in [3.8, 4) is 0 Å². The summed E-state index contributed by atoms with van der Waals surface area (Å²) in [7, 11) is 0. The van der Waals surface area contributed by atoms with Gasteiger partial charge in [0.25, 0.3) is 0 Å². The third-order valence-corrected chi connectivity index (χ3v) is 2.90. The molecule has 1 aliphatic rings. The Bertz CT molecular complexity index is 387. The fraction of sp³-hybridized carbons (Fsp3) is 0.417. The van der Waals surface area contributed by atoms with Gasteiger partial charge in [0, 0.05) is 24.3 Å². The molecule has 1 fully saturated rings. The lowest BCUT2D eigenvalue weighted by molar-refractivity contribution is -0.117. The van der Waals surface area contributed by atoms with Crippen molar-refractivity contribution in [2.45, 2.75) is 26.2 Å². The number of hydrogen-bond acceptors (Lipinski definition) is 2. The third-order valence-electron chi connectivity index (χ3n) is 2.90. The topological polar surface area (TPSA) is 46.3 Å². The number of anilines is 2. The Morgan fingerprint density at radius 3 is 2.80 bits per heavy atom. The van der Waals surface area contributed by atoms with Crippen LogP contribution in [-0.2, 0) is 11.2 Å². The van der Waals surface area contributed by atoms with Crippen LogP contribution in [0.2, 0.25) is 0 Å². The van der Waals surface area contributed by atoms with Crippen molar-refractivity contribution >= 4 is 17.3 Å². The highest BCUT2D eigenvalue weighted by molar-refractivity contribution is 5.95. The lowest BCUT2D eigenvalue weighted by Crippen LogP contribution is -2.23. The number of nitrogen functional groups attached to an aromatic ring is 1. The molecule has 0 aliphatic carbocycles. The maximum Gasteiger partial charge on any atom is 0.227 e. The number of benzene rings is 1. The van der Waals surface area contributed by atoms with Gasteiger partial charge in [0.05, 0.1) is 0 Å². The molecule has 1 aromatic rings. The van der Waals surface area contributed by atoms with Gasteiger partial charge in [0.2, 0.25) is 5.91 Å². The Balaban J connectivity index is 2.29. The molecule has 1 aromatic carbocycles. The fourth-order valence-electron chi connectivity index (χ4n) is 1.99. The van der Waals surface area contributed by atoms with E-state index in [0.29, 0.717) is 6.42 Å². The van der Waals surface area contributed by atoms with E-state index in [1.807, 2.05) is 23.1 Å². The van der Waals surface area contributed by atoms with E-state index in [1.54, 1.807) is 0 Å². The first-order chi connectivity index (χ1) is 7.22. The average Bonchev–Trinajstić information content (AvgIpc) is 2.64. The van der Waals surface area contributed by atoms with E-state index in [0.717, 1.165) is 36.3 Å². The van der Waals surface area contributed by atoms with Crippen LogP contribution in [0.5, 0.6) is 0 Å². The van der Waals surface area contributed by atoms with E-state index in [1.165, 1.54) is 0 Å². The van der Waals surface area contributed by atoms with Gasteiger partial charge in [-0.3, -0.25) is 4.79 Å². The molecule has 0 bridgehead atoms. The number of carbonyl (C=O) groups is 1. The zero-order chi connectivity index (χ0) is 10.8. The van der Waals surface area contributed by atoms with Crippen LogP contribution in [0, 0.1) is 0 Å². The molecule has 0 atom stereocenters. The molecule has 0 spiro atoms. The molecule has 80 valence electrons. The highest BCUT2D eigenvalue weighted by Crippen LogP contribution is 2.25. The van der Waals surface area contributed by atoms with Crippen LogP contribution in [-0.4, -0.2) is 12.5 Å². The van der Waals surface area contributed by atoms with Gasteiger partial charge in [0.1, 0.15) is 0 Å². The summed E-state index contributed by atoms with van der Waals surface area (Å²) in [5.74, 6) is 0.207. The maximum atomic E-state index is 11.5. The molecule has 1 amide bonds. The number of rotatable bonds is 2. The molecule has 2 rings (SSSR count). The van der Waals surface area contributed by atoms with Crippen molar-refractivity contribution in [2.24, 2.45) is 0 Å². The Kier molecular flexibility index (Phi) is 2.62. The molecule has 0 aromatic heterocycles. The van der Waals surface area contributed by atoms with E-state index < -0.39 is 0 Å². The molecule has 15 heavy (non-hydrogen) atoms. The Hall–Kier alpha value is -1.51. The molecule has 1 heterocycles. The predicted octanol–water partition coefficient (Wildman–Crippen LogP) is 1.96. The molecule has 2 N–H and O–H groups in total. The van der Waals surface area contributed by atoms with Crippen LogP contribution in [0.3, 0.4) is 0 Å². The van der Waals surface area contributed by atoms with Gasteiger partial charge < -0.3 is 10.6 Å². The smallest absolute Gasteiger partial charge is 0.227 e. The molecule has 3 heteroatoms. The largest absolute Gasteiger partial charge is 0.398 e. The minimum absolute atomic E-state index is 0.207. The molecule has 3 nitrogen and oxygen atoms in total. The number of amides is 1. The van der Waals surface area contributed by atoms with Crippen LogP contribution < -0.4 is 10.6 Å². The number of hydrogen-bond donors (Lipinski definition) is 1. The van der Waals surface area contributed by atoms with E-state index >= 15 is 0 Å². The summed E-state index contributed by atoms with van der Waals surface area (Å²) in [6, 6.07) is 5.90. The second-order valence-corrected chi connectivity index (χ2v) is 3.89. The van der Waals surface area contributed by atoms with Gasteiger partial charge in [-0.15, -0.1) is 0 Å². The Morgan fingerprint density at radius 2 is 2.27 bits per heavy atom. The first-order valence-electron chi connectivity index (χ1n) is 5.41. The Labute approximate surface area is 89.9 Å². The highest BCUT2D eigenvalue weighted by atomic mass is 16.2. The number of carbonyl (C=O) groups excluding carboxylic acids is 1. The van der Waals surface area contributed by atoms with Gasteiger partial charge >= 0.3 is 0 Å². The zero-order valence-electron chi connectivity index (χ0n) is 8.99. The SMILES string of the molecule is CCc1ccc(N2CCCC2=O)cc1N. The highest BCUT2D eigenvalue weighted by Gasteiger charge is 2.21. The van der Waals surface area contributed by atoms with Gasteiger partial charge in [-0.05, 0) is 30.5 Å². The van der Waals surface area contributed by atoms with Crippen LogP contribution in [0.15, 0.2) is 18.2 Å². The summed E-state index contributed by atoms with van der Waals surface area (Å²) in [4.78, 5) is 13.3. The van der Waals surface area contributed by atoms with Gasteiger partial charge in [-0.1, -0.05) is 13.0 Å². The molecule has 0 unspecified atom stereocenters. The van der Waals surface area contributed by atoms with Crippen molar-refractivity contribution in [3.63, 3.8) is 0 Å². The molecule has 0 radical (unpaired) electrons. The third kappa shape index (κ3) is 1.82. The van der Waals surface area contributed by atoms with E-state index in [-0.39, 0.29) is 5.91 Å². The van der Waals surface area contributed by atoms with Crippen molar-refractivity contribution < 1.29 is 4.79 Å². The monoisotopic (exact) mass is 204 g/mol. The van der Waals surface area contributed by atoms with Crippen LogP contribution in [0.25, 0.3) is 0 Å². The predicted molar refractivity (Wildman–Crippen MR) is 61.8 cm³/mol. The van der Waals surface area contributed by atoms with Gasteiger partial charge in [-0.25, -0.2) is 0 Å². The lowest BCUT2D eigenvalue weighted by atomic mass is 10.1. The van der Waals surface area contributed by atoms with Crippen LogP contribution in [0.4, 0.5) is 11.4 Å². The lowest BCUT2D eigenvalue weighted by Gasteiger charge is -2.17. The number of aryl methyl sites for hydroxylation is 1. The normalized spacial score (nSPS) is 16.1. The zero-order valence-corrected chi connectivity index (χ0v) is 8.99. The van der Waals surface area contributed by atoms with Gasteiger partial charge in [-0.2, -0.15) is 0 Å². The first kappa shape index (κ1) is 10.0. The summed E-state index contributed by atoms with van der Waals surface area (Å²) in [6.07, 6.45) is 2.55. The van der Waals surface area contributed by atoms with Gasteiger partial charge in [0.15, 0.2) is 0 Å². The molecular weight excluding hydrogens is 188 g/mol. The fourth-order valence-corrected chi connectivity index (χ4v) is 1.99. The average molecular weight is 204 g/mol.